The molecule has 1 aromatic carbocycles. The van der Waals surface area contributed by atoms with Gasteiger partial charge >= 0.3 is 6.09 Å². The molecule has 0 saturated carbocycles. The van der Waals surface area contributed by atoms with Gasteiger partial charge in [-0.25, -0.2) is 9.78 Å². The van der Waals surface area contributed by atoms with Crippen molar-refractivity contribution < 1.29 is 9.53 Å². The SMILES string of the molecule is CC(C)(C)OC(=O)Nc1ccc(Sc2ncn[nH]2)cc1. The van der Waals surface area contributed by atoms with Gasteiger partial charge in [0.05, 0.1) is 0 Å². The number of nitrogens with one attached hydrogen (secondary N) is 2. The minimum Gasteiger partial charge on any atom is -0.444 e. The molecule has 1 aromatic heterocycles. The summed E-state index contributed by atoms with van der Waals surface area (Å²) in [6, 6.07) is 7.39. The van der Waals surface area contributed by atoms with Crippen LogP contribution in [-0.2, 0) is 4.74 Å². The van der Waals surface area contributed by atoms with Gasteiger partial charge in [-0.15, -0.1) is 0 Å². The number of nitrogens with zero attached hydrogens (tertiary/aromatic N) is 2. The fourth-order valence-corrected chi connectivity index (χ4v) is 2.08. The first-order chi connectivity index (χ1) is 9.42. The normalized spacial score (nSPS) is 11.2. The van der Waals surface area contributed by atoms with E-state index >= 15 is 0 Å². The molecule has 0 fully saturated rings. The molecule has 106 valence electrons. The van der Waals surface area contributed by atoms with Crippen LogP contribution in [0.3, 0.4) is 0 Å². The molecule has 6 nitrogen and oxygen atoms in total. The Hall–Kier alpha value is -2.02. The predicted octanol–water partition coefficient (Wildman–Crippen LogP) is 3.30. The number of hydrogen-bond donors (Lipinski definition) is 2. The molecule has 20 heavy (non-hydrogen) atoms. The van der Waals surface area contributed by atoms with Crippen molar-refractivity contribution >= 4 is 23.5 Å². The average Bonchev–Trinajstić information content (AvgIpc) is 2.82. The van der Waals surface area contributed by atoms with Gasteiger partial charge in [-0.05, 0) is 45.0 Å². The first kappa shape index (κ1) is 14.4. The van der Waals surface area contributed by atoms with Crippen LogP contribution in [0.1, 0.15) is 20.8 Å². The van der Waals surface area contributed by atoms with Crippen LogP contribution in [0, 0.1) is 0 Å². The summed E-state index contributed by atoms with van der Waals surface area (Å²) in [5, 5.41) is 9.95. The van der Waals surface area contributed by atoms with E-state index in [0.717, 1.165) is 10.1 Å². The Bertz CT molecular complexity index is 561. The third kappa shape index (κ3) is 4.58. The number of aromatic amines is 1. The highest BCUT2D eigenvalue weighted by Crippen LogP contribution is 2.25. The van der Waals surface area contributed by atoms with Crippen molar-refractivity contribution in [1.29, 1.82) is 0 Å². The number of rotatable bonds is 3. The van der Waals surface area contributed by atoms with Crippen LogP contribution in [0.15, 0.2) is 40.6 Å². The Kier molecular flexibility index (Phi) is 4.29. The molecule has 7 heteroatoms. The molecule has 0 aliphatic carbocycles. The van der Waals surface area contributed by atoms with Crippen molar-refractivity contribution in [2.45, 2.75) is 36.4 Å². The van der Waals surface area contributed by atoms with Crippen LogP contribution in [0.5, 0.6) is 0 Å². The molecule has 0 saturated heterocycles. The lowest BCUT2D eigenvalue weighted by Crippen LogP contribution is -2.27. The summed E-state index contributed by atoms with van der Waals surface area (Å²) in [5.41, 5.74) is 0.174. The van der Waals surface area contributed by atoms with Crippen molar-refractivity contribution in [1.82, 2.24) is 15.2 Å². The van der Waals surface area contributed by atoms with Gasteiger partial charge in [0.15, 0.2) is 5.16 Å². The van der Waals surface area contributed by atoms with E-state index in [4.69, 9.17) is 4.74 Å². The monoisotopic (exact) mass is 292 g/mol. The maximum absolute atomic E-state index is 11.6. The average molecular weight is 292 g/mol. The van der Waals surface area contributed by atoms with Crippen LogP contribution in [0.2, 0.25) is 0 Å². The molecule has 1 heterocycles. The third-order valence-corrected chi connectivity index (χ3v) is 3.00. The largest absolute Gasteiger partial charge is 0.444 e. The maximum atomic E-state index is 11.6. The van der Waals surface area contributed by atoms with Crippen LogP contribution in [0.25, 0.3) is 0 Å². The summed E-state index contributed by atoms with van der Waals surface area (Å²) in [4.78, 5) is 16.6. The van der Waals surface area contributed by atoms with Crippen LogP contribution in [-0.4, -0.2) is 26.9 Å². The molecule has 0 unspecified atom stereocenters. The van der Waals surface area contributed by atoms with Gasteiger partial charge in [-0.3, -0.25) is 10.4 Å². The first-order valence-corrected chi connectivity index (χ1v) is 6.87. The maximum Gasteiger partial charge on any atom is 0.412 e. The number of H-pyrrole nitrogens is 1. The third-order valence-electron chi connectivity index (χ3n) is 2.11. The smallest absolute Gasteiger partial charge is 0.412 e. The Morgan fingerprint density at radius 3 is 2.55 bits per heavy atom. The zero-order valence-corrected chi connectivity index (χ0v) is 12.3. The summed E-state index contributed by atoms with van der Waals surface area (Å²) in [6.45, 7) is 5.47. The van der Waals surface area contributed by atoms with E-state index in [9.17, 15) is 4.79 Å². The second kappa shape index (κ2) is 5.96. The van der Waals surface area contributed by atoms with Gasteiger partial charge < -0.3 is 4.74 Å². The minimum absolute atomic E-state index is 0.465. The molecule has 0 radical (unpaired) electrons. The Morgan fingerprint density at radius 1 is 1.30 bits per heavy atom. The van der Waals surface area contributed by atoms with Gasteiger partial charge in [0.1, 0.15) is 11.9 Å². The lowest BCUT2D eigenvalue weighted by molar-refractivity contribution is 0.0636. The van der Waals surface area contributed by atoms with E-state index in [-0.39, 0.29) is 0 Å². The number of benzene rings is 1. The highest BCUT2D eigenvalue weighted by molar-refractivity contribution is 7.99. The molecule has 0 spiro atoms. The number of carbonyl (C=O) groups excluding carboxylic acids is 1. The number of ether oxygens (including phenoxy) is 1. The van der Waals surface area contributed by atoms with Gasteiger partial charge in [0.25, 0.3) is 0 Å². The molecular formula is C13H16N4O2S. The minimum atomic E-state index is -0.508. The molecular weight excluding hydrogens is 276 g/mol. The molecule has 0 aliphatic heterocycles. The fourth-order valence-electron chi connectivity index (χ4n) is 1.38. The summed E-state index contributed by atoms with van der Waals surface area (Å²) >= 11 is 1.46. The van der Waals surface area contributed by atoms with Crippen molar-refractivity contribution in [3.8, 4) is 0 Å². The Morgan fingerprint density at radius 2 is 2.00 bits per heavy atom. The van der Waals surface area contributed by atoms with Crippen LogP contribution >= 0.6 is 11.8 Å². The van der Waals surface area contributed by atoms with Crippen LogP contribution < -0.4 is 5.32 Å². The fraction of sp³-hybridized carbons (Fsp3) is 0.308. The molecule has 2 N–H and O–H groups in total. The zero-order chi connectivity index (χ0) is 14.6. The first-order valence-electron chi connectivity index (χ1n) is 6.06. The topological polar surface area (TPSA) is 79.9 Å². The zero-order valence-electron chi connectivity index (χ0n) is 11.5. The van der Waals surface area contributed by atoms with Crippen molar-refractivity contribution in [3.63, 3.8) is 0 Å². The highest BCUT2D eigenvalue weighted by Gasteiger charge is 2.16. The van der Waals surface area contributed by atoms with Crippen LogP contribution in [0.4, 0.5) is 10.5 Å². The number of aromatic nitrogens is 3. The molecule has 0 atom stereocenters. The van der Waals surface area contributed by atoms with E-state index in [1.807, 2.05) is 45.0 Å². The predicted molar refractivity (Wildman–Crippen MR) is 76.8 cm³/mol. The Labute approximate surface area is 121 Å². The van der Waals surface area contributed by atoms with Gasteiger partial charge in [0, 0.05) is 10.6 Å². The van der Waals surface area contributed by atoms with Gasteiger partial charge in [0.2, 0.25) is 0 Å². The Balaban J connectivity index is 1.93. The summed E-state index contributed by atoms with van der Waals surface area (Å²) in [5.74, 6) is 0. The van der Waals surface area contributed by atoms with Gasteiger partial charge in [-0.1, -0.05) is 11.8 Å². The standard InChI is InChI=1S/C13H16N4O2S/c1-13(2,3)19-12(18)16-9-4-6-10(7-5-9)20-11-14-8-15-17-11/h4-8H,1-3H3,(H,16,18)(H,14,15,17). The molecule has 0 aliphatic rings. The molecule has 2 aromatic rings. The lowest BCUT2D eigenvalue weighted by Gasteiger charge is -2.19. The van der Waals surface area contributed by atoms with Crippen molar-refractivity contribution in [2.75, 3.05) is 5.32 Å². The second-order valence-corrected chi connectivity index (χ2v) is 6.11. The van der Waals surface area contributed by atoms with E-state index < -0.39 is 11.7 Å². The number of anilines is 1. The van der Waals surface area contributed by atoms with E-state index in [1.165, 1.54) is 18.1 Å². The lowest BCUT2D eigenvalue weighted by atomic mass is 10.2. The highest BCUT2D eigenvalue weighted by atomic mass is 32.2. The summed E-state index contributed by atoms with van der Waals surface area (Å²) < 4.78 is 5.18. The van der Waals surface area contributed by atoms with Crippen molar-refractivity contribution in [3.05, 3.63) is 30.6 Å². The van der Waals surface area contributed by atoms with E-state index in [2.05, 4.69) is 20.5 Å². The number of hydrogen-bond acceptors (Lipinski definition) is 5. The number of carbonyl (C=O) groups is 1. The molecule has 0 bridgehead atoms. The van der Waals surface area contributed by atoms with Crippen molar-refractivity contribution in [2.24, 2.45) is 0 Å². The quantitative estimate of drug-likeness (QED) is 0.907. The van der Waals surface area contributed by atoms with E-state index in [1.54, 1.807) is 0 Å². The summed E-state index contributed by atoms with van der Waals surface area (Å²) in [7, 11) is 0. The second-order valence-electron chi connectivity index (χ2n) is 5.04. The molecule has 2 rings (SSSR count). The number of amides is 1. The van der Waals surface area contributed by atoms with Gasteiger partial charge in [-0.2, -0.15) is 5.10 Å². The van der Waals surface area contributed by atoms with E-state index in [0.29, 0.717) is 5.69 Å². The summed E-state index contributed by atoms with van der Waals surface area (Å²) in [6.07, 6.45) is 0.994. The molecule has 1 amide bonds.